The highest BCUT2D eigenvalue weighted by molar-refractivity contribution is 7.92. The van der Waals surface area contributed by atoms with Crippen LogP contribution in [0.15, 0.2) is 52.3 Å². The summed E-state index contributed by atoms with van der Waals surface area (Å²) in [4.78, 5) is 0.299. The SMILES string of the molecule is CCCOc1ccc(S(=O)(=O)N2CC(S(=O)(=O)c3ccc(OC)cc3)C2)cc1C. The molecule has 0 bridgehead atoms. The van der Waals surface area contributed by atoms with Crippen molar-refractivity contribution < 1.29 is 26.3 Å². The molecule has 0 N–H and O–H groups in total. The molecule has 0 saturated carbocycles. The van der Waals surface area contributed by atoms with E-state index in [0.29, 0.717) is 18.1 Å². The normalized spacial score (nSPS) is 15.7. The summed E-state index contributed by atoms with van der Waals surface area (Å²) < 4.78 is 63.0. The fraction of sp³-hybridized carbons (Fsp3) is 0.400. The minimum Gasteiger partial charge on any atom is -0.497 e. The van der Waals surface area contributed by atoms with Crippen LogP contribution in [0, 0.1) is 6.92 Å². The van der Waals surface area contributed by atoms with Gasteiger partial charge in [-0.1, -0.05) is 6.92 Å². The van der Waals surface area contributed by atoms with Crippen molar-refractivity contribution in [1.29, 1.82) is 0 Å². The quantitative estimate of drug-likeness (QED) is 0.628. The van der Waals surface area contributed by atoms with Crippen LogP contribution < -0.4 is 9.47 Å². The molecule has 0 radical (unpaired) electrons. The van der Waals surface area contributed by atoms with E-state index in [0.717, 1.165) is 12.0 Å². The Hall–Kier alpha value is -2.10. The number of benzene rings is 2. The number of ether oxygens (including phenoxy) is 2. The van der Waals surface area contributed by atoms with Crippen molar-refractivity contribution in [2.75, 3.05) is 26.8 Å². The van der Waals surface area contributed by atoms with Crippen LogP contribution in [0.2, 0.25) is 0 Å². The molecule has 0 aliphatic carbocycles. The second kappa shape index (κ2) is 8.33. The molecule has 0 unspecified atom stereocenters. The summed E-state index contributed by atoms with van der Waals surface area (Å²) in [7, 11) is -5.86. The van der Waals surface area contributed by atoms with Gasteiger partial charge in [0, 0.05) is 13.1 Å². The number of methoxy groups -OCH3 is 1. The van der Waals surface area contributed by atoms with Crippen LogP contribution in [-0.4, -0.2) is 53.2 Å². The lowest BCUT2D eigenvalue weighted by Gasteiger charge is -2.37. The Bertz CT molecular complexity index is 1070. The second-order valence-electron chi connectivity index (χ2n) is 6.94. The van der Waals surface area contributed by atoms with Gasteiger partial charge in [0.1, 0.15) is 11.5 Å². The number of nitrogens with zero attached hydrogens (tertiary/aromatic N) is 1. The molecule has 29 heavy (non-hydrogen) atoms. The third kappa shape index (κ3) is 4.26. The van der Waals surface area contributed by atoms with Gasteiger partial charge in [0.15, 0.2) is 9.84 Å². The third-order valence-corrected chi connectivity index (χ3v) is 8.82. The third-order valence-electron chi connectivity index (χ3n) is 4.89. The molecule has 0 aromatic heterocycles. The van der Waals surface area contributed by atoms with Gasteiger partial charge in [-0.15, -0.1) is 0 Å². The van der Waals surface area contributed by atoms with Gasteiger partial charge in [-0.2, -0.15) is 4.31 Å². The predicted molar refractivity (Wildman–Crippen MR) is 110 cm³/mol. The van der Waals surface area contributed by atoms with Crippen molar-refractivity contribution in [3.8, 4) is 11.5 Å². The topological polar surface area (TPSA) is 90.0 Å². The molecular formula is C20H25NO6S2. The lowest BCUT2D eigenvalue weighted by molar-refractivity contribution is 0.308. The highest BCUT2D eigenvalue weighted by atomic mass is 32.2. The van der Waals surface area contributed by atoms with E-state index >= 15 is 0 Å². The molecule has 9 heteroatoms. The number of sulfone groups is 1. The van der Waals surface area contributed by atoms with E-state index in [1.165, 1.54) is 29.6 Å². The fourth-order valence-electron chi connectivity index (χ4n) is 3.06. The molecular weight excluding hydrogens is 414 g/mol. The number of sulfonamides is 1. The Balaban J connectivity index is 1.72. The summed E-state index contributed by atoms with van der Waals surface area (Å²) >= 11 is 0. The Morgan fingerprint density at radius 2 is 1.62 bits per heavy atom. The van der Waals surface area contributed by atoms with Crippen molar-refractivity contribution in [2.45, 2.75) is 35.3 Å². The van der Waals surface area contributed by atoms with Crippen molar-refractivity contribution in [3.63, 3.8) is 0 Å². The minimum atomic E-state index is -3.75. The maximum atomic E-state index is 12.9. The van der Waals surface area contributed by atoms with Crippen LogP contribution >= 0.6 is 0 Å². The maximum absolute atomic E-state index is 12.9. The standard InChI is InChI=1S/C20H25NO6S2/c1-4-11-27-20-10-9-18(12-15(20)2)29(24,25)21-13-19(14-21)28(22,23)17-7-5-16(26-3)6-8-17/h5-10,12,19H,4,11,13-14H2,1-3H3. The summed E-state index contributed by atoms with van der Waals surface area (Å²) in [6.07, 6.45) is 0.858. The first kappa shape index (κ1) is 21.6. The molecule has 0 atom stereocenters. The predicted octanol–water partition coefficient (Wildman–Crippen LogP) is 2.64. The van der Waals surface area contributed by atoms with Crippen LogP contribution in [0.25, 0.3) is 0 Å². The van der Waals surface area contributed by atoms with E-state index in [1.54, 1.807) is 31.2 Å². The van der Waals surface area contributed by atoms with Gasteiger partial charge in [-0.05, 0) is 61.4 Å². The maximum Gasteiger partial charge on any atom is 0.243 e. The smallest absolute Gasteiger partial charge is 0.243 e. The van der Waals surface area contributed by atoms with Gasteiger partial charge in [0.2, 0.25) is 10.0 Å². The van der Waals surface area contributed by atoms with Crippen LogP contribution in [-0.2, 0) is 19.9 Å². The van der Waals surface area contributed by atoms with Crippen molar-refractivity contribution in [1.82, 2.24) is 4.31 Å². The Kier molecular flexibility index (Phi) is 6.21. The summed E-state index contributed by atoms with van der Waals surface area (Å²) in [5.41, 5.74) is 0.724. The van der Waals surface area contributed by atoms with Crippen molar-refractivity contribution in [2.24, 2.45) is 0 Å². The van der Waals surface area contributed by atoms with Crippen molar-refractivity contribution in [3.05, 3.63) is 48.0 Å². The van der Waals surface area contributed by atoms with E-state index in [1.807, 2.05) is 6.92 Å². The Morgan fingerprint density at radius 3 is 2.17 bits per heavy atom. The van der Waals surface area contributed by atoms with Gasteiger partial charge in [-0.3, -0.25) is 0 Å². The highest BCUT2D eigenvalue weighted by Gasteiger charge is 2.44. The number of hydrogen-bond acceptors (Lipinski definition) is 6. The number of hydrogen-bond donors (Lipinski definition) is 0. The first-order chi connectivity index (χ1) is 13.7. The van der Waals surface area contributed by atoms with Crippen LogP contribution in [0.3, 0.4) is 0 Å². The molecule has 158 valence electrons. The van der Waals surface area contributed by atoms with E-state index in [-0.39, 0.29) is 22.9 Å². The van der Waals surface area contributed by atoms with Crippen LogP contribution in [0.1, 0.15) is 18.9 Å². The second-order valence-corrected chi connectivity index (χ2v) is 11.1. The molecule has 1 heterocycles. The van der Waals surface area contributed by atoms with Crippen molar-refractivity contribution >= 4 is 19.9 Å². The lowest BCUT2D eigenvalue weighted by Crippen LogP contribution is -2.56. The summed E-state index contributed by atoms with van der Waals surface area (Å²) in [6.45, 7) is 4.21. The van der Waals surface area contributed by atoms with Gasteiger partial charge >= 0.3 is 0 Å². The first-order valence-electron chi connectivity index (χ1n) is 9.31. The summed E-state index contributed by atoms with van der Waals surface area (Å²) in [5.74, 6) is 1.21. The molecule has 7 nitrogen and oxygen atoms in total. The Labute approximate surface area is 172 Å². The molecule has 0 amide bonds. The van der Waals surface area contributed by atoms with Gasteiger partial charge < -0.3 is 9.47 Å². The average Bonchev–Trinajstić information content (AvgIpc) is 2.65. The minimum absolute atomic E-state index is 0.0656. The molecule has 3 rings (SSSR count). The molecule has 1 saturated heterocycles. The van der Waals surface area contributed by atoms with Gasteiger partial charge in [0.05, 0.1) is 28.8 Å². The lowest BCUT2D eigenvalue weighted by atomic mass is 10.2. The van der Waals surface area contributed by atoms with E-state index < -0.39 is 25.1 Å². The number of aryl methyl sites for hydroxylation is 1. The zero-order chi connectivity index (χ0) is 21.2. The monoisotopic (exact) mass is 439 g/mol. The number of rotatable bonds is 8. The summed E-state index contributed by atoms with van der Waals surface area (Å²) in [5, 5.41) is -0.765. The molecule has 1 aliphatic rings. The van der Waals surface area contributed by atoms with Gasteiger partial charge in [-0.25, -0.2) is 16.8 Å². The van der Waals surface area contributed by atoms with Crippen LogP contribution in [0.4, 0.5) is 0 Å². The highest BCUT2D eigenvalue weighted by Crippen LogP contribution is 2.31. The largest absolute Gasteiger partial charge is 0.497 e. The van der Waals surface area contributed by atoms with Crippen LogP contribution in [0.5, 0.6) is 11.5 Å². The molecule has 2 aromatic rings. The Morgan fingerprint density at radius 1 is 1.00 bits per heavy atom. The molecule has 1 fully saturated rings. The fourth-order valence-corrected chi connectivity index (χ4v) is 6.51. The molecule has 0 spiro atoms. The van der Waals surface area contributed by atoms with E-state index in [2.05, 4.69) is 0 Å². The zero-order valence-corrected chi connectivity index (χ0v) is 18.3. The van der Waals surface area contributed by atoms with E-state index in [9.17, 15) is 16.8 Å². The van der Waals surface area contributed by atoms with E-state index in [4.69, 9.17) is 9.47 Å². The zero-order valence-electron chi connectivity index (χ0n) is 16.7. The first-order valence-corrected chi connectivity index (χ1v) is 12.3. The van der Waals surface area contributed by atoms with Gasteiger partial charge in [0.25, 0.3) is 0 Å². The summed E-state index contributed by atoms with van der Waals surface area (Å²) in [6, 6.07) is 10.8. The molecule has 2 aromatic carbocycles. The average molecular weight is 440 g/mol. The molecule has 1 aliphatic heterocycles.